The van der Waals surface area contributed by atoms with Crippen molar-refractivity contribution in [1.29, 1.82) is 0 Å². The zero-order valence-corrected chi connectivity index (χ0v) is 14.2. The normalized spacial score (nSPS) is 12.0. The Balaban J connectivity index is 1.63. The van der Waals surface area contributed by atoms with E-state index in [-0.39, 0.29) is 24.7 Å². The van der Waals surface area contributed by atoms with Gasteiger partial charge in [-0.05, 0) is 29.8 Å². The van der Waals surface area contributed by atoms with Crippen molar-refractivity contribution in [3.63, 3.8) is 0 Å². The van der Waals surface area contributed by atoms with Crippen molar-refractivity contribution in [1.82, 2.24) is 0 Å². The van der Waals surface area contributed by atoms with E-state index < -0.39 is 5.97 Å². The maximum absolute atomic E-state index is 11.0. The van der Waals surface area contributed by atoms with Crippen molar-refractivity contribution in [3.8, 4) is 34.1 Å². The summed E-state index contributed by atoms with van der Waals surface area (Å²) >= 11 is 0. The van der Waals surface area contributed by atoms with E-state index in [4.69, 9.17) is 19.3 Å². The maximum atomic E-state index is 11.0. The molecule has 1 aliphatic rings. The maximum Gasteiger partial charge on any atom is 0.339 e. The van der Waals surface area contributed by atoms with Gasteiger partial charge in [0.25, 0.3) is 0 Å². The number of hydrogen-bond acceptors (Lipinski definition) is 5. The first kappa shape index (κ1) is 16.8. The third-order valence-electron chi connectivity index (χ3n) is 4.30. The Morgan fingerprint density at radius 3 is 2.59 bits per heavy atom. The van der Waals surface area contributed by atoms with Crippen molar-refractivity contribution in [2.24, 2.45) is 0 Å². The monoisotopic (exact) mass is 364 g/mol. The van der Waals surface area contributed by atoms with Crippen LogP contribution in [0.3, 0.4) is 0 Å². The van der Waals surface area contributed by atoms with Gasteiger partial charge >= 0.3 is 5.97 Å². The van der Waals surface area contributed by atoms with Crippen molar-refractivity contribution < 1.29 is 29.2 Å². The van der Waals surface area contributed by atoms with Crippen LogP contribution < -0.4 is 14.2 Å². The summed E-state index contributed by atoms with van der Waals surface area (Å²) in [6, 6.07) is 17.7. The smallest absolute Gasteiger partial charge is 0.339 e. The molecule has 0 saturated carbocycles. The zero-order valence-electron chi connectivity index (χ0n) is 14.2. The summed E-state index contributed by atoms with van der Waals surface area (Å²) in [7, 11) is 0. The highest BCUT2D eigenvalue weighted by Gasteiger charge is 2.22. The molecule has 0 aliphatic carbocycles. The molecule has 0 amide bonds. The van der Waals surface area contributed by atoms with Crippen LogP contribution in [-0.2, 0) is 6.61 Å². The molecule has 0 saturated heterocycles. The molecule has 2 bridgehead atoms. The molecule has 0 unspecified atom stereocenters. The van der Waals surface area contributed by atoms with E-state index in [9.17, 15) is 9.90 Å². The van der Waals surface area contributed by atoms with Crippen LogP contribution in [0.1, 0.15) is 15.9 Å². The minimum Gasteiger partial charge on any atom is -0.507 e. The predicted octanol–water partition coefficient (Wildman–Crippen LogP) is 4.07. The van der Waals surface area contributed by atoms with Crippen LogP contribution in [0.15, 0.2) is 60.7 Å². The van der Waals surface area contributed by atoms with Gasteiger partial charge in [0.15, 0.2) is 0 Å². The van der Waals surface area contributed by atoms with E-state index in [1.54, 1.807) is 0 Å². The molecule has 6 nitrogen and oxygen atoms in total. The summed E-state index contributed by atoms with van der Waals surface area (Å²) in [5.41, 5.74) is 2.53. The Bertz CT molecular complexity index is 997. The highest BCUT2D eigenvalue weighted by molar-refractivity contribution is 5.90. The lowest BCUT2D eigenvalue weighted by molar-refractivity contribution is 0.0693. The molecule has 0 spiro atoms. The van der Waals surface area contributed by atoms with Crippen LogP contribution in [0.5, 0.6) is 23.0 Å². The van der Waals surface area contributed by atoms with Gasteiger partial charge in [-0.1, -0.05) is 30.3 Å². The highest BCUT2D eigenvalue weighted by Crippen LogP contribution is 2.41. The number of fused-ring (bicyclic) bond motifs is 2. The molecule has 3 aromatic rings. The minimum atomic E-state index is -1.20. The minimum absolute atomic E-state index is 0.128. The predicted molar refractivity (Wildman–Crippen MR) is 97.4 cm³/mol. The first-order chi connectivity index (χ1) is 13.1. The number of carboxylic acids is 1. The van der Waals surface area contributed by atoms with Gasteiger partial charge in [-0.2, -0.15) is 0 Å². The second kappa shape index (κ2) is 6.92. The summed E-state index contributed by atoms with van der Waals surface area (Å²) in [5, 5.41) is 18.8. The number of aromatic hydroxyl groups is 1. The van der Waals surface area contributed by atoms with E-state index in [1.807, 2.05) is 42.5 Å². The van der Waals surface area contributed by atoms with E-state index in [1.165, 1.54) is 18.2 Å². The van der Waals surface area contributed by atoms with Gasteiger partial charge in [0.1, 0.15) is 35.2 Å². The van der Waals surface area contributed by atoms with Crippen LogP contribution in [0.2, 0.25) is 0 Å². The topological polar surface area (TPSA) is 85.2 Å². The van der Waals surface area contributed by atoms with Gasteiger partial charge in [-0.3, -0.25) is 0 Å². The lowest BCUT2D eigenvalue weighted by atomic mass is 10.0. The highest BCUT2D eigenvalue weighted by atomic mass is 16.7. The van der Waals surface area contributed by atoms with Crippen LogP contribution >= 0.6 is 0 Å². The fourth-order valence-electron chi connectivity index (χ4n) is 2.98. The van der Waals surface area contributed by atoms with E-state index in [2.05, 4.69) is 0 Å². The first-order valence-electron chi connectivity index (χ1n) is 8.29. The molecule has 6 heteroatoms. The Morgan fingerprint density at radius 2 is 1.85 bits per heavy atom. The fourth-order valence-corrected chi connectivity index (χ4v) is 2.98. The summed E-state index contributed by atoms with van der Waals surface area (Å²) in [5.74, 6) is 0.159. The van der Waals surface area contributed by atoms with Crippen LogP contribution in [-0.4, -0.2) is 23.0 Å². The Kier molecular flexibility index (Phi) is 4.30. The lowest BCUT2D eigenvalue weighted by Gasteiger charge is -2.24. The van der Waals surface area contributed by atoms with Crippen molar-refractivity contribution in [3.05, 3.63) is 71.8 Å². The molecule has 2 N–H and O–H groups in total. The van der Waals surface area contributed by atoms with Crippen molar-refractivity contribution >= 4 is 5.97 Å². The molecule has 0 atom stereocenters. The van der Waals surface area contributed by atoms with E-state index in [0.29, 0.717) is 17.2 Å². The number of aromatic carboxylic acids is 1. The molecule has 1 heterocycles. The molecule has 0 fully saturated rings. The van der Waals surface area contributed by atoms with Crippen molar-refractivity contribution in [2.75, 3.05) is 6.79 Å². The third-order valence-corrected chi connectivity index (χ3v) is 4.30. The zero-order chi connectivity index (χ0) is 18.8. The van der Waals surface area contributed by atoms with Gasteiger partial charge in [-0.25, -0.2) is 4.79 Å². The SMILES string of the molecule is O=C(O)c1ccc(OCc2c3ccc(-c4ccccc4)c2OCO3)cc1O. The van der Waals surface area contributed by atoms with Crippen LogP contribution in [0.25, 0.3) is 11.1 Å². The largest absolute Gasteiger partial charge is 0.507 e. The number of carboxylic acid groups (broad SMARTS) is 1. The molecular formula is C21H16O6. The second-order valence-electron chi connectivity index (χ2n) is 5.96. The Morgan fingerprint density at radius 1 is 1.04 bits per heavy atom. The number of phenols is 1. The number of benzene rings is 3. The Hall–Kier alpha value is -3.67. The third kappa shape index (κ3) is 3.25. The van der Waals surface area contributed by atoms with Crippen LogP contribution in [0, 0.1) is 0 Å². The summed E-state index contributed by atoms with van der Waals surface area (Å²) in [4.78, 5) is 11.0. The van der Waals surface area contributed by atoms with Crippen LogP contribution in [0.4, 0.5) is 0 Å². The molecule has 27 heavy (non-hydrogen) atoms. The molecule has 4 rings (SSSR count). The molecular weight excluding hydrogens is 348 g/mol. The molecule has 0 radical (unpaired) electrons. The quantitative estimate of drug-likeness (QED) is 0.710. The van der Waals surface area contributed by atoms with Gasteiger partial charge in [0.2, 0.25) is 6.79 Å². The summed E-state index contributed by atoms with van der Waals surface area (Å²) in [6.07, 6.45) is 0. The molecule has 1 aliphatic heterocycles. The average molecular weight is 364 g/mol. The standard InChI is InChI=1S/C21H16O6/c22-18-10-14(6-7-16(18)21(23)24)25-11-17-19-9-8-15(20(17)27-12-26-19)13-4-2-1-3-5-13/h1-10,22H,11-12H2,(H,23,24). The Labute approximate surface area is 155 Å². The lowest BCUT2D eigenvalue weighted by Crippen LogP contribution is -2.16. The first-order valence-corrected chi connectivity index (χ1v) is 8.29. The van der Waals surface area contributed by atoms with E-state index >= 15 is 0 Å². The number of carbonyl (C=O) groups is 1. The molecule has 3 aromatic carbocycles. The molecule has 0 aromatic heterocycles. The van der Waals surface area contributed by atoms with Gasteiger partial charge in [0.05, 0.1) is 5.56 Å². The van der Waals surface area contributed by atoms with Crippen molar-refractivity contribution in [2.45, 2.75) is 6.61 Å². The van der Waals surface area contributed by atoms with E-state index in [0.717, 1.165) is 16.7 Å². The van der Waals surface area contributed by atoms with Gasteiger partial charge in [-0.15, -0.1) is 0 Å². The average Bonchev–Trinajstić information content (AvgIpc) is 2.66. The summed E-state index contributed by atoms with van der Waals surface area (Å²) in [6.45, 7) is 0.278. The fraction of sp³-hybridized carbons (Fsp3) is 0.0952. The summed E-state index contributed by atoms with van der Waals surface area (Å²) < 4.78 is 17.0. The van der Waals surface area contributed by atoms with Gasteiger partial charge in [0, 0.05) is 11.6 Å². The number of ether oxygens (including phenoxy) is 3. The number of rotatable bonds is 5. The second-order valence-corrected chi connectivity index (χ2v) is 5.96. The number of hydrogen-bond donors (Lipinski definition) is 2. The van der Waals surface area contributed by atoms with Gasteiger partial charge < -0.3 is 24.4 Å². The molecule has 136 valence electrons.